The molecule has 0 spiro atoms. The van der Waals surface area contributed by atoms with Crippen LogP contribution in [0.3, 0.4) is 0 Å². The molecule has 1 aromatic heterocycles. The fourth-order valence-corrected chi connectivity index (χ4v) is 3.65. The standard InChI is InChI=1S/C15H13ClN2O3S/c16-8-5-6-9(14(20)21)10(7-8)13(19)18-15-17-11-3-1-2-4-12(11)22-15/h1-5,9-10H,6-7H2,(H,20,21)(H,17,18,19). The first-order valence-electron chi connectivity index (χ1n) is 6.78. The second-order valence-electron chi connectivity index (χ2n) is 5.12. The van der Waals surface area contributed by atoms with E-state index in [1.54, 1.807) is 6.08 Å². The number of benzene rings is 1. The van der Waals surface area contributed by atoms with E-state index in [1.165, 1.54) is 11.3 Å². The van der Waals surface area contributed by atoms with Crippen molar-refractivity contribution in [2.75, 3.05) is 5.32 Å². The number of fused-ring (bicyclic) bond motifs is 1. The molecule has 3 rings (SSSR count). The SMILES string of the molecule is O=C(O)C1CC=C(Cl)CC1C(=O)Nc1nc2ccccc2s1. The van der Waals surface area contributed by atoms with Crippen molar-refractivity contribution < 1.29 is 14.7 Å². The summed E-state index contributed by atoms with van der Waals surface area (Å²) < 4.78 is 0.967. The van der Waals surface area contributed by atoms with Gasteiger partial charge in [-0.2, -0.15) is 0 Å². The third kappa shape index (κ3) is 2.98. The molecule has 0 radical (unpaired) electrons. The molecule has 0 aliphatic heterocycles. The number of hydrogen-bond acceptors (Lipinski definition) is 4. The molecule has 0 fully saturated rings. The third-order valence-electron chi connectivity index (χ3n) is 3.67. The molecule has 114 valence electrons. The molecule has 1 aliphatic carbocycles. The number of carbonyl (C=O) groups is 2. The van der Waals surface area contributed by atoms with Crippen molar-refractivity contribution in [1.29, 1.82) is 0 Å². The topological polar surface area (TPSA) is 79.3 Å². The van der Waals surface area contributed by atoms with Crippen LogP contribution >= 0.6 is 22.9 Å². The Balaban J connectivity index is 1.80. The van der Waals surface area contributed by atoms with Gasteiger partial charge in [-0.15, -0.1) is 0 Å². The Bertz CT molecular complexity index is 738. The smallest absolute Gasteiger partial charge is 0.307 e. The molecule has 1 aliphatic rings. The number of carboxylic acids is 1. The van der Waals surface area contributed by atoms with Crippen molar-refractivity contribution >= 4 is 50.2 Å². The van der Waals surface area contributed by atoms with E-state index in [4.69, 9.17) is 11.6 Å². The highest BCUT2D eigenvalue weighted by atomic mass is 35.5. The predicted octanol–water partition coefficient (Wildman–Crippen LogP) is 3.47. The van der Waals surface area contributed by atoms with Crippen LogP contribution in [0.5, 0.6) is 0 Å². The molecule has 22 heavy (non-hydrogen) atoms. The minimum absolute atomic E-state index is 0.245. The monoisotopic (exact) mass is 336 g/mol. The Morgan fingerprint density at radius 1 is 1.32 bits per heavy atom. The first kappa shape index (κ1) is 15.0. The molecule has 1 heterocycles. The fourth-order valence-electron chi connectivity index (χ4n) is 2.53. The molecule has 0 bridgehead atoms. The fraction of sp³-hybridized carbons (Fsp3) is 0.267. The Labute approximate surface area is 135 Å². The first-order valence-corrected chi connectivity index (χ1v) is 7.98. The molecule has 7 heteroatoms. The number of nitrogens with one attached hydrogen (secondary N) is 1. The number of hydrogen-bond donors (Lipinski definition) is 2. The summed E-state index contributed by atoms with van der Waals surface area (Å²) in [5, 5.41) is 13.0. The van der Waals surface area contributed by atoms with Gasteiger partial charge in [0.2, 0.25) is 5.91 Å². The van der Waals surface area contributed by atoms with Gasteiger partial charge in [-0.1, -0.05) is 41.1 Å². The molecule has 2 unspecified atom stereocenters. The van der Waals surface area contributed by atoms with Gasteiger partial charge in [-0.05, 0) is 25.0 Å². The zero-order valence-electron chi connectivity index (χ0n) is 11.5. The number of amides is 1. The normalized spacial score (nSPS) is 21.4. The van der Waals surface area contributed by atoms with E-state index in [0.717, 1.165) is 10.2 Å². The lowest BCUT2D eigenvalue weighted by atomic mass is 9.82. The Hall–Kier alpha value is -1.92. The summed E-state index contributed by atoms with van der Waals surface area (Å²) in [5.41, 5.74) is 0.805. The molecule has 0 saturated carbocycles. The highest BCUT2D eigenvalue weighted by Crippen LogP contribution is 2.33. The zero-order valence-corrected chi connectivity index (χ0v) is 13.0. The maximum Gasteiger partial charge on any atom is 0.307 e. The zero-order chi connectivity index (χ0) is 15.7. The van der Waals surface area contributed by atoms with Gasteiger partial charge in [0, 0.05) is 5.03 Å². The number of anilines is 1. The van der Waals surface area contributed by atoms with Crippen molar-refractivity contribution in [2.45, 2.75) is 12.8 Å². The van der Waals surface area contributed by atoms with E-state index in [-0.39, 0.29) is 18.7 Å². The number of halogens is 1. The van der Waals surface area contributed by atoms with E-state index in [9.17, 15) is 14.7 Å². The number of nitrogens with zero attached hydrogens (tertiary/aromatic N) is 1. The average Bonchev–Trinajstić information content (AvgIpc) is 2.88. The summed E-state index contributed by atoms with van der Waals surface area (Å²) in [6.07, 6.45) is 2.18. The lowest BCUT2D eigenvalue weighted by Crippen LogP contribution is -2.35. The van der Waals surface area contributed by atoms with Crippen molar-refractivity contribution in [3.8, 4) is 0 Å². The van der Waals surface area contributed by atoms with Crippen LogP contribution in [0.2, 0.25) is 0 Å². The number of carbonyl (C=O) groups excluding carboxylic acids is 1. The van der Waals surface area contributed by atoms with E-state index >= 15 is 0 Å². The van der Waals surface area contributed by atoms with Gasteiger partial charge in [0.1, 0.15) is 0 Å². The number of allylic oxidation sites excluding steroid dienone is 2. The van der Waals surface area contributed by atoms with Crippen molar-refractivity contribution in [2.24, 2.45) is 11.8 Å². The molecule has 2 N–H and O–H groups in total. The average molecular weight is 337 g/mol. The summed E-state index contributed by atoms with van der Waals surface area (Å²) >= 11 is 7.33. The molecular formula is C15H13ClN2O3S. The van der Waals surface area contributed by atoms with E-state index in [0.29, 0.717) is 10.2 Å². The van der Waals surface area contributed by atoms with Crippen LogP contribution in [0.1, 0.15) is 12.8 Å². The van der Waals surface area contributed by atoms with Gasteiger partial charge >= 0.3 is 5.97 Å². The molecule has 2 atom stereocenters. The minimum Gasteiger partial charge on any atom is -0.481 e. The van der Waals surface area contributed by atoms with E-state index in [1.807, 2.05) is 24.3 Å². The van der Waals surface area contributed by atoms with Gasteiger partial charge in [-0.3, -0.25) is 9.59 Å². The summed E-state index contributed by atoms with van der Waals surface area (Å²) in [5.74, 6) is -2.76. The van der Waals surface area contributed by atoms with Crippen molar-refractivity contribution in [3.63, 3.8) is 0 Å². The van der Waals surface area contributed by atoms with Gasteiger partial charge < -0.3 is 10.4 Å². The number of aliphatic carboxylic acids is 1. The Kier molecular flexibility index (Phi) is 4.13. The molecule has 1 amide bonds. The summed E-state index contributed by atoms with van der Waals surface area (Å²) in [4.78, 5) is 28.0. The predicted molar refractivity (Wildman–Crippen MR) is 86.0 cm³/mol. The van der Waals surface area contributed by atoms with Gasteiger partial charge in [0.15, 0.2) is 5.13 Å². The largest absolute Gasteiger partial charge is 0.481 e. The summed E-state index contributed by atoms with van der Waals surface area (Å²) in [6, 6.07) is 7.56. The van der Waals surface area contributed by atoms with Gasteiger partial charge in [0.25, 0.3) is 0 Å². The van der Waals surface area contributed by atoms with Crippen molar-refractivity contribution in [1.82, 2.24) is 4.98 Å². The quantitative estimate of drug-likeness (QED) is 0.899. The lowest BCUT2D eigenvalue weighted by Gasteiger charge is -2.25. The van der Waals surface area contributed by atoms with E-state index in [2.05, 4.69) is 10.3 Å². The highest BCUT2D eigenvalue weighted by molar-refractivity contribution is 7.22. The third-order valence-corrected chi connectivity index (χ3v) is 4.93. The second-order valence-corrected chi connectivity index (χ2v) is 6.63. The lowest BCUT2D eigenvalue weighted by molar-refractivity contribution is -0.146. The maximum absolute atomic E-state index is 12.4. The maximum atomic E-state index is 12.4. The molecule has 2 aromatic rings. The number of carboxylic acid groups (broad SMARTS) is 1. The molecule has 0 saturated heterocycles. The van der Waals surface area contributed by atoms with E-state index < -0.39 is 17.8 Å². The Morgan fingerprint density at radius 2 is 2.09 bits per heavy atom. The summed E-state index contributed by atoms with van der Waals surface area (Å²) in [6.45, 7) is 0. The van der Waals surface area contributed by atoms with Crippen LogP contribution in [0.15, 0.2) is 35.4 Å². The van der Waals surface area contributed by atoms with Crippen LogP contribution in [0, 0.1) is 11.8 Å². The number of aromatic nitrogens is 1. The van der Waals surface area contributed by atoms with Gasteiger partial charge in [-0.25, -0.2) is 4.98 Å². The molecule has 5 nitrogen and oxygen atoms in total. The van der Waals surface area contributed by atoms with Gasteiger partial charge in [0.05, 0.1) is 22.1 Å². The van der Waals surface area contributed by atoms with Crippen LogP contribution in [0.25, 0.3) is 10.2 Å². The highest BCUT2D eigenvalue weighted by Gasteiger charge is 2.36. The Morgan fingerprint density at radius 3 is 2.82 bits per heavy atom. The second kappa shape index (κ2) is 6.06. The van der Waals surface area contributed by atoms with Crippen LogP contribution < -0.4 is 5.32 Å². The molecular weight excluding hydrogens is 324 g/mol. The first-order chi connectivity index (χ1) is 10.5. The number of thiazole rings is 1. The number of rotatable bonds is 3. The minimum atomic E-state index is -0.982. The van der Waals surface area contributed by atoms with Crippen LogP contribution in [0.4, 0.5) is 5.13 Å². The number of para-hydroxylation sites is 1. The van der Waals surface area contributed by atoms with Crippen molar-refractivity contribution in [3.05, 3.63) is 35.4 Å². The van der Waals surface area contributed by atoms with Crippen LogP contribution in [-0.4, -0.2) is 22.0 Å². The molecule has 1 aromatic carbocycles. The summed E-state index contributed by atoms with van der Waals surface area (Å²) in [7, 11) is 0. The van der Waals surface area contributed by atoms with Crippen LogP contribution in [-0.2, 0) is 9.59 Å².